The van der Waals surface area contributed by atoms with E-state index in [1.807, 2.05) is 20.0 Å². The summed E-state index contributed by atoms with van der Waals surface area (Å²) in [7, 11) is 1.84. The van der Waals surface area contributed by atoms with Crippen LogP contribution < -0.4 is 5.32 Å². The van der Waals surface area contributed by atoms with E-state index in [0.717, 1.165) is 16.7 Å². The molecule has 106 valence electrons. The first-order valence-electron chi connectivity index (χ1n) is 6.41. The number of halogens is 1. The zero-order valence-corrected chi connectivity index (χ0v) is 12.3. The third kappa shape index (κ3) is 2.48. The Morgan fingerprint density at radius 2 is 2.10 bits per heavy atom. The van der Waals surface area contributed by atoms with E-state index in [4.69, 9.17) is 11.6 Å². The third-order valence-corrected chi connectivity index (χ3v) is 3.57. The highest BCUT2D eigenvalue weighted by Crippen LogP contribution is 2.21. The molecule has 0 unspecified atom stereocenters. The van der Waals surface area contributed by atoms with Crippen molar-refractivity contribution in [3.63, 3.8) is 0 Å². The van der Waals surface area contributed by atoms with E-state index in [1.165, 1.54) is 0 Å². The quantitative estimate of drug-likeness (QED) is 0.790. The largest absolute Gasteiger partial charge is 0.321 e. The van der Waals surface area contributed by atoms with E-state index >= 15 is 0 Å². The molecule has 1 amide bonds. The Labute approximate surface area is 126 Å². The molecule has 2 heterocycles. The van der Waals surface area contributed by atoms with E-state index in [2.05, 4.69) is 15.4 Å². The molecule has 1 aromatic carbocycles. The lowest BCUT2D eigenvalue weighted by Crippen LogP contribution is -2.12. The monoisotopic (exact) mass is 300 g/mol. The van der Waals surface area contributed by atoms with E-state index in [1.54, 1.807) is 35.1 Å². The van der Waals surface area contributed by atoms with Crippen LogP contribution in [0.2, 0.25) is 5.02 Å². The zero-order chi connectivity index (χ0) is 15.0. The number of aryl methyl sites for hydroxylation is 2. The first kappa shape index (κ1) is 13.6. The lowest BCUT2D eigenvalue weighted by Gasteiger charge is -2.06. The minimum atomic E-state index is -0.261. The van der Waals surface area contributed by atoms with E-state index in [9.17, 15) is 4.79 Å². The van der Waals surface area contributed by atoms with Crippen LogP contribution in [0, 0.1) is 6.92 Å². The van der Waals surface area contributed by atoms with Crippen molar-refractivity contribution in [1.82, 2.24) is 14.8 Å². The molecule has 0 saturated carbocycles. The second-order valence-electron chi connectivity index (χ2n) is 4.74. The molecule has 0 spiro atoms. The Morgan fingerprint density at radius 3 is 2.86 bits per heavy atom. The van der Waals surface area contributed by atoms with Gasteiger partial charge in [-0.05, 0) is 25.1 Å². The van der Waals surface area contributed by atoms with Gasteiger partial charge < -0.3 is 5.32 Å². The van der Waals surface area contributed by atoms with Gasteiger partial charge in [0, 0.05) is 12.4 Å². The summed E-state index contributed by atoms with van der Waals surface area (Å²) >= 11 is 6.02. The van der Waals surface area contributed by atoms with E-state index in [0.29, 0.717) is 16.3 Å². The summed E-state index contributed by atoms with van der Waals surface area (Å²) in [6, 6.07) is 8.78. The van der Waals surface area contributed by atoms with Crippen LogP contribution in [0.15, 0.2) is 36.5 Å². The SMILES string of the molecule is Cc1nn(C)c2ncc(NC(=O)c3ccccc3Cl)cc12. The molecule has 0 radical (unpaired) electrons. The molecular formula is C15H13ClN4O. The number of fused-ring (bicyclic) bond motifs is 1. The Kier molecular flexibility index (Phi) is 3.35. The number of rotatable bonds is 2. The van der Waals surface area contributed by atoms with Gasteiger partial charge in [-0.15, -0.1) is 0 Å². The topological polar surface area (TPSA) is 59.8 Å². The van der Waals surface area contributed by atoms with Crippen LogP contribution in [-0.2, 0) is 7.05 Å². The maximum Gasteiger partial charge on any atom is 0.257 e. The number of carbonyl (C=O) groups is 1. The lowest BCUT2D eigenvalue weighted by molar-refractivity contribution is 0.102. The van der Waals surface area contributed by atoms with Crippen molar-refractivity contribution in [3.05, 3.63) is 52.8 Å². The number of pyridine rings is 1. The van der Waals surface area contributed by atoms with Crippen LogP contribution in [0.5, 0.6) is 0 Å². The molecule has 0 atom stereocenters. The molecule has 0 aliphatic rings. The third-order valence-electron chi connectivity index (χ3n) is 3.24. The number of anilines is 1. The van der Waals surface area contributed by atoms with Gasteiger partial charge >= 0.3 is 0 Å². The molecule has 0 fully saturated rings. The van der Waals surface area contributed by atoms with Crippen LogP contribution in [0.4, 0.5) is 5.69 Å². The van der Waals surface area contributed by atoms with Crippen LogP contribution in [0.25, 0.3) is 11.0 Å². The first-order valence-corrected chi connectivity index (χ1v) is 6.79. The summed E-state index contributed by atoms with van der Waals surface area (Å²) < 4.78 is 1.71. The molecule has 21 heavy (non-hydrogen) atoms. The summed E-state index contributed by atoms with van der Waals surface area (Å²) in [5.74, 6) is -0.261. The molecule has 5 nitrogen and oxygen atoms in total. The fraction of sp³-hybridized carbons (Fsp3) is 0.133. The number of hydrogen-bond donors (Lipinski definition) is 1. The Bertz CT molecular complexity index is 841. The molecule has 3 aromatic rings. The Morgan fingerprint density at radius 1 is 1.33 bits per heavy atom. The minimum Gasteiger partial charge on any atom is -0.321 e. The maximum atomic E-state index is 12.2. The summed E-state index contributed by atoms with van der Waals surface area (Å²) in [5.41, 5.74) is 2.70. The van der Waals surface area contributed by atoms with Crippen molar-refractivity contribution in [1.29, 1.82) is 0 Å². The van der Waals surface area contributed by atoms with Crippen LogP contribution >= 0.6 is 11.6 Å². The standard InChI is InChI=1S/C15H13ClN4O/c1-9-12-7-10(8-17-14(12)20(2)19-9)18-15(21)11-5-3-4-6-13(11)16/h3-8H,1-2H3,(H,18,21). The normalized spacial score (nSPS) is 10.8. The summed E-state index contributed by atoms with van der Waals surface area (Å²) in [6.45, 7) is 1.91. The summed E-state index contributed by atoms with van der Waals surface area (Å²) in [4.78, 5) is 16.5. The van der Waals surface area contributed by atoms with Crippen molar-refractivity contribution >= 4 is 34.2 Å². The highest BCUT2D eigenvalue weighted by atomic mass is 35.5. The van der Waals surface area contributed by atoms with Gasteiger partial charge in [0.05, 0.1) is 28.2 Å². The lowest BCUT2D eigenvalue weighted by atomic mass is 10.2. The fourth-order valence-electron chi connectivity index (χ4n) is 2.22. The smallest absolute Gasteiger partial charge is 0.257 e. The molecular weight excluding hydrogens is 288 g/mol. The molecule has 0 aliphatic carbocycles. The van der Waals surface area contributed by atoms with Crippen molar-refractivity contribution in [3.8, 4) is 0 Å². The fourth-order valence-corrected chi connectivity index (χ4v) is 2.44. The van der Waals surface area contributed by atoms with E-state index in [-0.39, 0.29) is 5.91 Å². The second kappa shape index (κ2) is 5.18. The number of nitrogens with one attached hydrogen (secondary N) is 1. The zero-order valence-electron chi connectivity index (χ0n) is 11.6. The molecule has 1 N–H and O–H groups in total. The molecule has 6 heteroatoms. The Hall–Kier alpha value is -2.40. The van der Waals surface area contributed by atoms with Gasteiger partial charge in [-0.25, -0.2) is 4.98 Å². The van der Waals surface area contributed by atoms with Crippen LogP contribution in [0.1, 0.15) is 16.1 Å². The van der Waals surface area contributed by atoms with Gasteiger partial charge in [-0.3, -0.25) is 9.48 Å². The number of carbonyl (C=O) groups excluding carboxylic acids is 1. The van der Waals surface area contributed by atoms with Crippen molar-refractivity contribution < 1.29 is 4.79 Å². The van der Waals surface area contributed by atoms with E-state index < -0.39 is 0 Å². The molecule has 0 saturated heterocycles. The van der Waals surface area contributed by atoms with Crippen molar-refractivity contribution in [2.45, 2.75) is 6.92 Å². The van der Waals surface area contributed by atoms with Crippen LogP contribution in [-0.4, -0.2) is 20.7 Å². The van der Waals surface area contributed by atoms with Crippen molar-refractivity contribution in [2.24, 2.45) is 7.05 Å². The average molecular weight is 301 g/mol. The number of amides is 1. The number of benzene rings is 1. The van der Waals surface area contributed by atoms with Gasteiger partial charge in [-0.2, -0.15) is 5.10 Å². The van der Waals surface area contributed by atoms with Gasteiger partial charge in [0.15, 0.2) is 5.65 Å². The summed E-state index contributed by atoms with van der Waals surface area (Å²) in [6.07, 6.45) is 1.61. The van der Waals surface area contributed by atoms with Crippen LogP contribution in [0.3, 0.4) is 0 Å². The number of nitrogens with zero attached hydrogens (tertiary/aromatic N) is 3. The average Bonchev–Trinajstić information content (AvgIpc) is 2.74. The number of aromatic nitrogens is 3. The van der Waals surface area contributed by atoms with Crippen molar-refractivity contribution in [2.75, 3.05) is 5.32 Å². The van der Waals surface area contributed by atoms with Gasteiger partial charge in [0.2, 0.25) is 0 Å². The highest BCUT2D eigenvalue weighted by Gasteiger charge is 2.12. The minimum absolute atomic E-state index is 0.261. The highest BCUT2D eigenvalue weighted by molar-refractivity contribution is 6.34. The van der Waals surface area contributed by atoms with Gasteiger partial charge in [0.25, 0.3) is 5.91 Å². The predicted octanol–water partition coefficient (Wildman–Crippen LogP) is 3.18. The van der Waals surface area contributed by atoms with Gasteiger partial charge in [-0.1, -0.05) is 23.7 Å². The first-order chi connectivity index (χ1) is 10.1. The molecule has 0 aliphatic heterocycles. The molecule has 3 rings (SSSR count). The number of hydrogen-bond acceptors (Lipinski definition) is 3. The van der Waals surface area contributed by atoms with Gasteiger partial charge in [0.1, 0.15) is 0 Å². The second-order valence-corrected chi connectivity index (χ2v) is 5.15. The summed E-state index contributed by atoms with van der Waals surface area (Å²) in [5, 5.41) is 8.44. The predicted molar refractivity (Wildman–Crippen MR) is 82.7 cm³/mol. The Balaban J connectivity index is 1.93. The molecule has 2 aromatic heterocycles. The maximum absolute atomic E-state index is 12.2. The molecule has 0 bridgehead atoms.